The van der Waals surface area contributed by atoms with Gasteiger partial charge in [-0.1, -0.05) is 26.0 Å². The number of ketones is 1. The zero-order valence-electron chi connectivity index (χ0n) is 8.26. The normalized spacial score (nSPS) is 21.6. The molecule has 0 atom stereocenters. The third-order valence-corrected chi connectivity index (χ3v) is 2.56. The Kier molecular flexibility index (Phi) is 2.71. The Balaban J connectivity index is 2.95. The molecule has 2 heteroatoms. The van der Waals surface area contributed by atoms with Gasteiger partial charge in [0.25, 0.3) is 0 Å². The van der Waals surface area contributed by atoms with Gasteiger partial charge < -0.3 is 5.11 Å². The molecule has 0 heterocycles. The molecule has 0 radical (unpaired) electrons. The molecule has 0 aromatic rings. The van der Waals surface area contributed by atoms with Crippen LogP contribution in [0.15, 0.2) is 23.8 Å². The van der Waals surface area contributed by atoms with Crippen molar-refractivity contribution in [2.45, 2.75) is 26.7 Å². The predicted molar refractivity (Wildman–Crippen MR) is 52.3 cm³/mol. The fraction of sp³-hybridized carbons (Fsp3) is 0.545. The zero-order valence-corrected chi connectivity index (χ0v) is 8.26. The van der Waals surface area contributed by atoms with Gasteiger partial charge in [-0.25, -0.2) is 0 Å². The van der Waals surface area contributed by atoms with Gasteiger partial charge in [-0.3, -0.25) is 4.79 Å². The molecule has 72 valence electrons. The van der Waals surface area contributed by atoms with Crippen LogP contribution in [0.25, 0.3) is 0 Å². The van der Waals surface area contributed by atoms with Gasteiger partial charge in [-0.2, -0.15) is 0 Å². The third kappa shape index (κ3) is 2.07. The van der Waals surface area contributed by atoms with E-state index in [1.807, 2.05) is 0 Å². The van der Waals surface area contributed by atoms with Crippen molar-refractivity contribution in [2.24, 2.45) is 5.41 Å². The van der Waals surface area contributed by atoms with Crippen LogP contribution in [-0.2, 0) is 4.79 Å². The van der Waals surface area contributed by atoms with Crippen molar-refractivity contribution >= 4 is 5.78 Å². The summed E-state index contributed by atoms with van der Waals surface area (Å²) < 4.78 is 0. The topological polar surface area (TPSA) is 37.3 Å². The number of aliphatic hydroxyl groups excluding tert-OH is 1. The van der Waals surface area contributed by atoms with Crippen molar-refractivity contribution in [3.05, 3.63) is 23.8 Å². The lowest BCUT2D eigenvalue weighted by atomic mass is 9.72. The molecule has 2 nitrogen and oxygen atoms in total. The van der Waals surface area contributed by atoms with E-state index in [-0.39, 0.29) is 17.8 Å². The largest absolute Gasteiger partial charge is 0.396 e. The standard InChI is InChI=1S/C11H16O2/c1-8-7-11(2,3)9(4-5-12)6-10(8)13/h6,12H,1,4-5,7H2,2-3H3. The third-order valence-electron chi connectivity index (χ3n) is 2.56. The molecule has 0 saturated carbocycles. The summed E-state index contributed by atoms with van der Waals surface area (Å²) in [7, 11) is 0. The Morgan fingerprint density at radius 2 is 2.23 bits per heavy atom. The molecule has 1 rings (SSSR count). The summed E-state index contributed by atoms with van der Waals surface area (Å²) in [5, 5.41) is 8.83. The van der Waals surface area contributed by atoms with E-state index in [0.29, 0.717) is 18.4 Å². The van der Waals surface area contributed by atoms with Crippen molar-refractivity contribution in [1.29, 1.82) is 0 Å². The number of carbonyl (C=O) groups is 1. The van der Waals surface area contributed by atoms with Crippen LogP contribution in [0.5, 0.6) is 0 Å². The first-order valence-electron chi connectivity index (χ1n) is 4.51. The first kappa shape index (κ1) is 10.2. The maximum Gasteiger partial charge on any atom is 0.181 e. The van der Waals surface area contributed by atoms with Gasteiger partial charge in [0.2, 0.25) is 0 Å². The van der Waals surface area contributed by atoms with Gasteiger partial charge in [-0.15, -0.1) is 0 Å². The van der Waals surface area contributed by atoms with Crippen LogP contribution in [0.2, 0.25) is 0 Å². The minimum absolute atomic E-state index is 0.0165. The van der Waals surface area contributed by atoms with Crippen LogP contribution in [0.3, 0.4) is 0 Å². The average molecular weight is 180 g/mol. The number of rotatable bonds is 2. The molecule has 1 N–H and O–H groups in total. The number of hydrogen-bond donors (Lipinski definition) is 1. The number of allylic oxidation sites excluding steroid dienone is 2. The van der Waals surface area contributed by atoms with E-state index in [1.165, 1.54) is 0 Å². The fourth-order valence-corrected chi connectivity index (χ4v) is 1.72. The molecule has 0 fully saturated rings. The summed E-state index contributed by atoms with van der Waals surface area (Å²) >= 11 is 0. The number of hydrogen-bond acceptors (Lipinski definition) is 2. The van der Waals surface area contributed by atoms with E-state index in [4.69, 9.17) is 5.11 Å². The molecule has 0 amide bonds. The molecule has 0 unspecified atom stereocenters. The first-order chi connectivity index (χ1) is 5.97. The van der Waals surface area contributed by atoms with Crippen molar-refractivity contribution in [3.8, 4) is 0 Å². The molecular weight excluding hydrogens is 164 g/mol. The Morgan fingerprint density at radius 1 is 1.62 bits per heavy atom. The highest BCUT2D eigenvalue weighted by atomic mass is 16.3. The van der Waals surface area contributed by atoms with Crippen molar-refractivity contribution in [1.82, 2.24) is 0 Å². The summed E-state index contributed by atoms with van der Waals surface area (Å²) in [6, 6.07) is 0. The average Bonchev–Trinajstić information content (AvgIpc) is 2.00. The van der Waals surface area contributed by atoms with Crippen LogP contribution >= 0.6 is 0 Å². The van der Waals surface area contributed by atoms with Gasteiger partial charge in [0.1, 0.15) is 0 Å². The van der Waals surface area contributed by atoms with Crippen LogP contribution in [0, 0.1) is 5.41 Å². The summed E-state index contributed by atoms with van der Waals surface area (Å²) in [5.41, 5.74) is 1.69. The molecule has 0 bridgehead atoms. The summed E-state index contributed by atoms with van der Waals surface area (Å²) in [6.07, 6.45) is 2.92. The molecule has 1 aliphatic carbocycles. The van der Waals surface area contributed by atoms with Gasteiger partial charge in [0.05, 0.1) is 0 Å². The monoisotopic (exact) mass is 180 g/mol. The SMILES string of the molecule is C=C1CC(C)(C)C(CCO)=CC1=O. The lowest BCUT2D eigenvalue weighted by Gasteiger charge is -2.31. The van der Waals surface area contributed by atoms with Crippen LogP contribution < -0.4 is 0 Å². The molecule has 1 aliphatic rings. The number of carbonyl (C=O) groups excluding carboxylic acids is 1. The summed E-state index contributed by atoms with van der Waals surface area (Å²) in [6.45, 7) is 7.99. The molecule has 0 aromatic heterocycles. The van der Waals surface area contributed by atoms with E-state index in [9.17, 15) is 4.79 Å². The second kappa shape index (κ2) is 3.46. The molecule has 0 aliphatic heterocycles. The van der Waals surface area contributed by atoms with Crippen molar-refractivity contribution < 1.29 is 9.90 Å². The second-order valence-electron chi connectivity index (χ2n) is 4.17. The smallest absolute Gasteiger partial charge is 0.181 e. The lowest BCUT2D eigenvalue weighted by molar-refractivity contribution is -0.112. The van der Waals surface area contributed by atoms with Gasteiger partial charge in [0.15, 0.2) is 5.78 Å². The molecular formula is C11H16O2. The summed E-state index contributed by atoms with van der Waals surface area (Å²) in [5.74, 6) is 0.0165. The van der Waals surface area contributed by atoms with Crippen LogP contribution in [0.1, 0.15) is 26.7 Å². The van der Waals surface area contributed by atoms with Gasteiger partial charge in [0, 0.05) is 6.61 Å². The molecule has 13 heavy (non-hydrogen) atoms. The maximum absolute atomic E-state index is 11.3. The van der Waals surface area contributed by atoms with Crippen LogP contribution in [0.4, 0.5) is 0 Å². The summed E-state index contributed by atoms with van der Waals surface area (Å²) in [4.78, 5) is 11.3. The highest BCUT2D eigenvalue weighted by molar-refractivity contribution is 6.05. The first-order valence-corrected chi connectivity index (χ1v) is 4.51. The predicted octanol–water partition coefficient (Wildman–Crippen LogP) is 1.85. The fourth-order valence-electron chi connectivity index (χ4n) is 1.72. The van der Waals surface area contributed by atoms with E-state index >= 15 is 0 Å². The Hall–Kier alpha value is -0.890. The Labute approximate surface area is 79.0 Å². The van der Waals surface area contributed by atoms with E-state index in [1.54, 1.807) is 6.08 Å². The number of aliphatic hydroxyl groups is 1. The van der Waals surface area contributed by atoms with E-state index < -0.39 is 0 Å². The van der Waals surface area contributed by atoms with Crippen molar-refractivity contribution in [3.63, 3.8) is 0 Å². The minimum atomic E-state index is -0.0201. The molecule has 0 spiro atoms. The van der Waals surface area contributed by atoms with Crippen LogP contribution in [-0.4, -0.2) is 17.5 Å². The quantitative estimate of drug-likeness (QED) is 0.658. The Bertz CT molecular complexity index is 272. The van der Waals surface area contributed by atoms with Gasteiger partial charge >= 0.3 is 0 Å². The lowest BCUT2D eigenvalue weighted by Crippen LogP contribution is -2.24. The molecule has 0 aromatic carbocycles. The van der Waals surface area contributed by atoms with Crippen molar-refractivity contribution in [2.75, 3.05) is 6.61 Å². The second-order valence-corrected chi connectivity index (χ2v) is 4.17. The molecule has 0 saturated heterocycles. The van der Waals surface area contributed by atoms with E-state index in [0.717, 1.165) is 5.57 Å². The highest BCUT2D eigenvalue weighted by Crippen LogP contribution is 2.38. The van der Waals surface area contributed by atoms with E-state index in [2.05, 4.69) is 20.4 Å². The zero-order chi connectivity index (χ0) is 10.1. The maximum atomic E-state index is 11.3. The highest BCUT2D eigenvalue weighted by Gasteiger charge is 2.30. The minimum Gasteiger partial charge on any atom is -0.396 e. The Morgan fingerprint density at radius 3 is 2.77 bits per heavy atom. The van der Waals surface area contributed by atoms with Gasteiger partial charge in [-0.05, 0) is 29.9 Å².